The number of likely N-dealkylation sites (tertiary alicyclic amines) is 1. The second-order valence-corrected chi connectivity index (χ2v) is 11.5. The second kappa shape index (κ2) is 11.3. The average molecular weight is 499 g/mol. The van der Waals surface area contributed by atoms with Crippen molar-refractivity contribution in [3.63, 3.8) is 0 Å². The smallest absolute Gasteiger partial charge is 0.251 e. The third kappa shape index (κ3) is 6.68. The van der Waals surface area contributed by atoms with E-state index in [-0.39, 0.29) is 22.8 Å². The van der Waals surface area contributed by atoms with Crippen LogP contribution in [0, 0.1) is 5.92 Å². The first-order chi connectivity index (χ1) is 16.8. The highest BCUT2D eigenvalue weighted by molar-refractivity contribution is 7.89. The molecule has 2 fully saturated rings. The quantitative estimate of drug-likeness (QED) is 0.612. The topological polar surface area (TPSA) is 98.8 Å². The average Bonchev–Trinajstić information content (AvgIpc) is 2.86. The van der Waals surface area contributed by atoms with Crippen LogP contribution in [0.2, 0.25) is 0 Å². The third-order valence-electron chi connectivity index (χ3n) is 6.72. The molecule has 2 aliphatic heterocycles. The Morgan fingerprint density at radius 3 is 2.29 bits per heavy atom. The molecule has 2 amide bonds. The van der Waals surface area contributed by atoms with Gasteiger partial charge in [-0.25, -0.2) is 8.42 Å². The summed E-state index contributed by atoms with van der Waals surface area (Å²) in [5.41, 5.74) is 1.23. The fraction of sp³-hybridized carbons (Fsp3) is 0.462. The zero-order valence-electron chi connectivity index (χ0n) is 20.2. The number of amides is 2. The van der Waals surface area contributed by atoms with E-state index in [4.69, 9.17) is 0 Å². The molecule has 0 aliphatic carbocycles. The van der Waals surface area contributed by atoms with E-state index in [1.807, 2.05) is 30.3 Å². The minimum atomic E-state index is -3.54. The molecule has 1 unspecified atom stereocenters. The van der Waals surface area contributed by atoms with Crippen LogP contribution in [0.4, 0.5) is 5.69 Å². The van der Waals surface area contributed by atoms with Gasteiger partial charge >= 0.3 is 0 Å². The molecular weight excluding hydrogens is 464 g/mol. The Morgan fingerprint density at radius 2 is 1.63 bits per heavy atom. The fourth-order valence-electron chi connectivity index (χ4n) is 4.72. The van der Waals surface area contributed by atoms with Gasteiger partial charge in [0.05, 0.1) is 11.4 Å². The van der Waals surface area contributed by atoms with Crippen molar-refractivity contribution in [2.24, 2.45) is 5.92 Å². The molecule has 188 valence electrons. The molecule has 2 saturated heterocycles. The zero-order valence-corrected chi connectivity index (χ0v) is 21.0. The minimum Gasteiger partial charge on any atom is -0.349 e. The van der Waals surface area contributed by atoms with Crippen LogP contribution >= 0.6 is 0 Å². The van der Waals surface area contributed by atoms with Gasteiger partial charge in [-0.2, -0.15) is 4.31 Å². The molecule has 4 rings (SSSR count). The number of sulfonamides is 1. The number of carbonyl (C=O) groups is 2. The van der Waals surface area contributed by atoms with Gasteiger partial charge in [0.2, 0.25) is 15.9 Å². The minimum absolute atomic E-state index is 0.0224. The maximum Gasteiger partial charge on any atom is 0.251 e. The van der Waals surface area contributed by atoms with E-state index in [1.165, 1.54) is 12.1 Å². The summed E-state index contributed by atoms with van der Waals surface area (Å²) >= 11 is 0. The monoisotopic (exact) mass is 498 g/mol. The van der Waals surface area contributed by atoms with Crippen LogP contribution in [0.25, 0.3) is 0 Å². The van der Waals surface area contributed by atoms with Crippen molar-refractivity contribution in [3.05, 3.63) is 60.2 Å². The Labute approximate surface area is 207 Å². The molecule has 2 heterocycles. The summed E-state index contributed by atoms with van der Waals surface area (Å²) in [7, 11) is -3.54. The van der Waals surface area contributed by atoms with Crippen molar-refractivity contribution >= 4 is 27.5 Å². The summed E-state index contributed by atoms with van der Waals surface area (Å²) in [6.45, 7) is 4.91. The van der Waals surface area contributed by atoms with Crippen LogP contribution in [0.3, 0.4) is 0 Å². The van der Waals surface area contributed by atoms with Gasteiger partial charge in [-0.15, -0.1) is 0 Å². The highest BCUT2D eigenvalue weighted by atomic mass is 32.2. The Hall–Kier alpha value is -2.75. The Balaban J connectivity index is 1.25. The predicted molar refractivity (Wildman–Crippen MR) is 136 cm³/mol. The number of piperidine rings is 2. The van der Waals surface area contributed by atoms with Gasteiger partial charge in [-0.1, -0.05) is 25.1 Å². The van der Waals surface area contributed by atoms with Crippen LogP contribution in [0.5, 0.6) is 0 Å². The van der Waals surface area contributed by atoms with Gasteiger partial charge in [-0.3, -0.25) is 14.5 Å². The zero-order chi connectivity index (χ0) is 24.8. The van der Waals surface area contributed by atoms with Crippen LogP contribution in [0.1, 0.15) is 43.0 Å². The normalized spacial score (nSPS) is 20.3. The van der Waals surface area contributed by atoms with E-state index in [9.17, 15) is 18.0 Å². The number of para-hydroxylation sites is 1. The summed E-state index contributed by atoms with van der Waals surface area (Å²) in [6.07, 6.45) is 3.43. The molecule has 2 aliphatic rings. The maximum absolute atomic E-state index is 12.9. The van der Waals surface area contributed by atoms with Crippen molar-refractivity contribution < 1.29 is 18.0 Å². The summed E-state index contributed by atoms with van der Waals surface area (Å²) in [6, 6.07) is 15.6. The third-order valence-corrected chi connectivity index (χ3v) is 8.60. The molecule has 0 saturated carbocycles. The van der Waals surface area contributed by atoms with E-state index in [0.717, 1.165) is 44.5 Å². The highest BCUT2D eigenvalue weighted by Crippen LogP contribution is 2.23. The number of nitrogens with zero attached hydrogens (tertiary/aromatic N) is 2. The molecule has 35 heavy (non-hydrogen) atoms. The van der Waals surface area contributed by atoms with Crippen molar-refractivity contribution in [3.8, 4) is 0 Å². The molecule has 2 aromatic carbocycles. The Kier molecular flexibility index (Phi) is 8.20. The van der Waals surface area contributed by atoms with Crippen LogP contribution in [-0.4, -0.2) is 68.2 Å². The van der Waals surface area contributed by atoms with Gasteiger partial charge in [0, 0.05) is 43.5 Å². The first-order valence-corrected chi connectivity index (χ1v) is 13.7. The maximum atomic E-state index is 12.9. The SMILES string of the molecule is CC1CCCN(S(=O)(=O)c2ccc(C(=O)NC3CCN(CC(=O)Nc4ccccc4)CC3)cc2)C1. The lowest BCUT2D eigenvalue weighted by Crippen LogP contribution is -2.46. The molecule has 9 heteroatoms. The van der Waals surface area contributed by atoms with E-state index in [0.29, 0.717) is 31.1 Å². The summed E-state index contributed by atoms with van der Waals surface area (Å²) < 4.78 is 27.4. The van der Waals surface area contributed by atoms with Crippen LogP contribution in [-0.2, 0) is 14.8 Å². The number of carbonyl (C=O) groups excluding carboxylic acids is 2. The van der Waals surface area contributed by atoms with Gasteiger partial charge in [0.25, 0.3) is 5.91 Å². The van der Waals surface area contributed by atoms with E-state index < -0.39 is 10.0 Å². The molecule has 0 radical (unpaired) electrons. The summed E-state index contributed by atoms with van der Waals surface area (Å²) in [4.78, 5) is 27.3. The number of hydrogen-bond acceptors (Lipinski definition) is 5. The second-order valence-electron chi connectivity index (χ2n) is 9.57. The number of nitrogens with one attached hydrogen (secondary N) is 2. The fourth-order valence-corrected chi connectivity index (χ4v) is 6.32. The Bertz CT molecular complexity index is 1110. The largest absolute Gasteiger partial charge is 0.349 e. The van der Waals surface area contributed by atoms with E-state index in [2.05, 4.69) is 22.5 Å². The van der Waals surface area contributed by atoms with Crippen molar-refractivity contribution in [2.75, 3.05) is 38.0 Å². The van der Waals surface area contributed by atoms with Gasteiger partial charge in [0.1, 0.15) is 0 Å². The van der Waals surface area contributed by atoms with Crippen LogP contribution < -0.4 is 10.6 Å². The molecule has 2 aromatic rings. The first kappa shape index (κ1) is 25.3. The van der Waals surface area contributed by atoms with Crippen molar-refractivity contribution in [1.82, 2.24) is 14.5 Å². The lowest BCUT2D eigenvalue weighted by molar-refractivity contribution is -0.117. The highest BCUT2D eigenvalue weighted by Gasteiger charge is 2.29. The van der Waals surface area contributed by atoms with Gasteiger partial charge in [0.15, 0.2) is 0 Å². The molecule has 0 aromatic heterocycles. The van der Waals surface area contributed by atoms with Crippen molar-refractivity contribution in [2.45, 2.75) is 43.5 Å². The van der Waals surface area contributed by atoms with Crippen molar-refractivity contribution in [1.29, 1.82) is 0 Å². The predicted octanol–water partition coefficient (Wildman–Crippen LogP) is 2.94. The molecule has 0 bridgehead atoms. The molecule has 0 spiro atoms. The van der Waals surface area contributed by atoms with Gasteiger partial charge in [-0.05, 0) is 68.0 Å². The molecule has 1 atom stereocenters. The van der Waals surface area contributed by atoms with Gasteiger partial charge < -0.3 is 10.6 Å². The van der Waals surface area contributed by atoms with E-state index in [1.54, 1.807) is 16.4 Å². The molecule has 8 nitrogen and oxygen atoms in total. The number of anilines is 1. The Morgan fingerprint density at radius 1 is 0.943 bits per heavy atom. The standard InChI is InChI=1S/C26H34N4O4S/c1-20-6-5-15-30(18-20)35(33,34)24-11-9-21(10-12-24)26(32)28-23-13-16-29(17-14-23)19-25(31)27-22-7-3-2-4-8-22/h2-4,7-12,20,23H,5-6,13-19H2,1H3,(H,27,31)(H,28,32). The summed E-state index contributed by atoms with van der Waals surface area (Å²) in [5.74, 6) is 0.0989. The number of hydrogen-bond donors (Lipinski definition) is 2. The lowest BCUT2D eigenvalue weighted by Gasteiger charge is -2.32. The number of benzene rings is 2. The first-order valence-electron chi connectivity index (χ1n) is 12.3. The number of rotatable bonds is 7. The molecule has 2 N–H and O–H groups in total. The summed E-state index contributed by atoms with van der Waals surface area (Å²) in [5, 5.41) is 5.95. The van der Waals surface area contributed by atoms with E-state index >= 15 is 0 Å². The van der Waals surface area contributed by atoms with Crippen LogP contribution in [0.15, 0.2) is 59.5 Å². The molecular formula is C26H34N4O4S. The lowest BCUT2D eigenvalue weighted by atomic mass is 10.0.